The largest absolute Gasteiger partial charge is 0.351 e. The summed E-state index contributed by atoms with van der Waals surface area (Å²) in [7, 11) is 0. The number of amides is 2. The van der Waals surface area contributed by atoms with Crippen LogP contribution in [0.25, 0.3) is 0 Å². The van der Waals surface area contributed by atoms with Gasteiger partial charge in [0, 0.05) is 22.9 Å². The normalized spacial score (nSPS) is 24.6. The predicted octanol–water partition coefficient (Wildman–Crippen LogP) is 4.34. The number of rotatable bonds is 2. The highest BCUT2D eigenvalue weighted by Crippen LogP contribution is 2.58. The van der Waals surface area contributed by atoms with E-state index in [4.69, 9.17) is 0 Å². The van der Waals surface area contributed by atoms with Crippen molar-refractivity contribution in [1.29, 1.82) is 0 Å². The minimum absolute atomic E-state index is 0.0458. The minimum atomic E-state index is -0.443. The topological polar surface area (TPSA) is 58.2 Å². The third-order valence-electron chi connectivity index (χ3n) is 6.04. The number of hydrogen-bond donors (Lipinski definition) is 2. The van der Waals surface area contributed by atoms with Crippen molar-refractivity contribution >= 4 is 11.8 Å². The fourth-order valence-corrected chi connectivity index (χ4v) is 5.21. The lowest BCUT2D eigenvalue weighted by molar-refractivity contribution is -0.138. The van der Waals surface area contributed by atoms with E-state index in [1.165, 1.54) is 22.3 Å². The number of fused-ring (bicyclic) bond motifs is 1. The van der Waals surface area contributed by atoms with Gasteiger partial charge in [-0.3, -0.25) is 9.59 Å². The molecule has 158 valence electrons. The van der Waals surface area contributed by atoms with Crippen LogP contribution in [0.5, 0.6) is 0 Å². The quantitative estimate of drug-likeness (QED) is 0.782. The van der Waals surface area contributed by atoms with Gasteiger partial charge in [0.15, 0.2) is 0 Å². The van der Waals surface area contributed by atoms with Gasteiger partial charge in [0.25, 0.3) is 0 Å². The van der Waals surface area contributed by atoms with Gasteiger partial charge in [-0.15, -0.1) is 0 Å². The molecular weight excluding hydrogens is 372 g/mol. The Bertz CT molecular complexity index is 869. The molecule has 2 aromatic carbocycles. The van der Waals surface area contributed by atoms with Crippen LogP contribution in [-0.4, -0.2) is 22.9 Å². The van der Waals surface area contributed by atoms with Crippen molar-refractivity contribution < 1.29 is 9.59 Å². The molecule has 0 saturated carbocycles. The first kappa shape index (κ1) is 20.6. The maximum atomic E-state index is 13.6. The molecule has 0 fully saturated rings. The molecule has 0 spiro atoms. The van der Waals surface area contributed by atoms with E-state index in [0.717, 1.165) is 0 Å². The Morgan fingerprint density at radius 1 is 0.600 bits per heavy atom. The molecule has 4 heteroatoms. The zero-order valence-corrected chi connectivity index (χ0v) is 18.7. The van der Waals surface area contributed by atoms with Gasteiger partial charge >= 0.3 is 0 Å². The Kier molecular flexibility index (Phi) is 4.80. The molecule has 0 aromatic heterocycles. The molecule has 5 rings (SSSR count). The van der Waals surface area contributed by atoms with E-state index in [2.05, 4.69) is 34.9 Å². The summed E-state index contributed by atoms with van der Waals surface area (Å²) >= 11 is 0. The second-order valence-corrected chi connectivity index (χ2v) is 10.7. The van der Waals surface area contributed by atoms with Gasteiger partial charge in [-0.25, -0.2) is 0 Å². The Morgan fingerprint density at radius 2 is 0.867 bits per heavy atom. The molecule has 0 unspecified atom stereocenters. The lowest BCUT2D eigenvalue weighted by Crippen LogP contribution is -2.57. The molecule has 0 radical (unpaired) electrons. The lowest BCUT2D eigenvalue weighted by Gasteiger charge is -2.50. The van der Waals surface area contributed by atoms with Crippen LogP contribution in [0.1, 0.15) is 75.6 Å². The molecule has 2 bridgehead atoms. The van der Waals surface area contributed by atoms with Gasteiger partial charge in [-0.05, 0) is 63.8 Å². The molecule has 0 aliphatic heterocycles. The summed E-state index contributed by atoms with van der Waals surface area (Å²) in [6, 6.07) is 16.6. The van der Waals surface area contributed by atoms with E-state index >= 15 is 0 Å². The molecule has 3 aliphatic carbocycles. The summed E-state index contributed by atoms with van der Waals surface area (Å²) in [6.45, 7) is 11.9. The molecule has 3 aliphatic rings. The summed E-state index contributed by atoms with van der Waals surface area (Å²) in [6.07, 6.45) is 0. The highest BCUT2D eigenvalue weighted by molar-refractivity contribution is 5.92. The number of benzene rings is 2. The van der Waals surface area contributed by atoms with Crippen molar-refractivity contribution in [2.45, 2.75) is 64.5 Å². The van der Waals surface area contributed by atoms with Gasteiger partial charge in [-0.1, -0.05) is 48.5 Å². The van der Waals surface area contributed by atoms with Crippen molar-refractivity contribution in [3.05, 3.63) is 70.8 Å². The molecule has 2 aromatic rings. The van der Waals surface area contributed by atoms with Crippen molar-refractivity contribution in [2.75, 3.05) is 0 Å². The molecular formula is C26H32N2O2. The lowest BCUT2D eigenvalue weighted by atomic mass is 9.53. The number of carbonyl (C=O) groups is 2. The van der Waals surface area contributed by atoms with Crippen molar-refractivity contribution in [3.8, 4) is 0 Å². The van der Waals surface area contributed by atoms with E-state index in [1.807, 2.05) is 65.8 Å². The molecule has 4 nitrogen and oxygen atoms in total. The summed E-state index contributed by atoms with van der Waals surface area (Å²) in [5.74, 6) is -1.23. The van der Waals surface area contributed by atoms with E-state index in [1.54, 1.807) is 0 Å². The van der Waals surface area contributed by atoms with Crippen molar-refractivity contribution in [3.63, 3.8) is 0 Å². The van der Waals surface area contributed by atoms with Crippen molar-refractivity contribution in [1.82, 2.24) is 10.6 Å². The van der Waals surface area contributed by atoms with Gasteiger partial charge in [0.2, 0.25) is 11.8 Å². The summed E-state index contributed by atoms with van der Waals surface area (Å²) in [5, 5.41) is 6.33. The first-order valence-electron chi connectivity index (χ1n) is 10.8. The van der Waals surface area contributed by atoms with Crippen LogP contribution >= 0.6 is 0 Å². The average molecular weight is 405 g/mol. The fourth-order valence-electron chi connectivity index (χ4n) is 5.21. The van der Waals surface area contributed by atoms with Crippen LogP contribution < -0.4 is 10.6 Å². The monoisotopic (exact) mass is 404 g/mol. The molecule has 2 amide bonds. The molecule has 30 heavy (non-hydrogen) atoms. The van der Waals surface area contributed by atoms with Crippen LogP contribution in [0.2, 0.25) is 0 Å². The van der Waals surface area contributed by atoms with E-state index in [9.17, 15) is 9.59 Å². The summed E-state index contributed by atoms with van der Waals surface area (Å²) in [5.41, 5.74) is 3.98. The number of carbonyl (C=O) groups excluding carboxylic acids is 2. The van der Waals surface area contributed by atoms with Gasteiger partial charge in [0.1, 0.15) is 0 Å². The van der Waals surface area contributed by atoms with Crippen LogP contribution in [0, 0.1) is 11.8 Å². The van der Waals surface area contributed by atoms with E-state index in [0.29, 0.717) is 0 Å². The first-order chi connectivity index (χ1) is 14.0. The SMILES string of the molecule is CC(C)(C)NC(=O)[C@@H]1C2c3ccccc3C(c3ccccc32)[C@H]1C(=O)NC(C)(C)C. The Morgan fingerprint density at radius 3 is 1.10 bits per heavy atom. The van der Waals surface area contributed by atoms with Crippen LogP contribution in [0.3, 0.4) is 0 Å². The maximum Gasteiger partial charge on any atom is 0.225 e. The molecule has 0 saturated heterocycles. The maximum absolute atomic E-state index is 13.6. The average Bonchev–Trinajstić information content (AvgIpc) is 2.64. The Hall–Kier alpha value is -2.62. The van der Waals surface area contributed by atoms with Gasteiger partial charge in [-0.2, -0.15) is 0 Å². The predicted molar refractivity (Wildman–Crippen MR) is 119 cm³/mol. The Labute approximate surface area is 179 Å². The highest BCUT2D eigenvalue weighted by Gasteiger charge is 2.55. The van der Waals surface area contributed by atoms with Crippen LogP contribution in [0.4, 0.5) is 0 Å². The fraction of sp³-hybridized carbons (Fsp3) is 0.462. The number of nitrogens with one attached hydrogen (secondary N) is 2. The first-order valence-corrected chi connectivity index (χ1v) is 10.8. The summed E-state index contributed by atoms with van der Waals surface area (Å²) < 4.78 is 0. The van der Waals surface area contributed by atoms with Crippen LogP contribution in [0.15, 0.2) is 48.5 Å². The standard InChI is InChI=1S/C26H32N2O2/c1-25(2,3)27-23(29)21-19-15-11-7-9-13-17(15)20(18-14-10-8-12-16(18)19)22(21)24(30)28-26(4,5)6/h7-14,19-22H,1-6H3,(H,27,29)(H,28,30)/t19?,20?,21-,22-/m1/s1. The van der Waals surface area contributed by atoms with Crippen LogP contribution in [-0.2, 0) is 9.59 Å². The van der Waals surface area contributed by atoms with Crippen molar-refractivity contribution in [2.24, 2.45) is 11.8 Å². The smallest absolute Gasteiger partial charge is 0.225 e. The zero-order chi connectivity index (χ0) is 21.8. The van der Waals surface area contributed by atoms with E-state index < -0.39 is 11.8 Å². The Balaban J connectivity index is 1.91. The van der Waals surface area contributed by atoms with Gasteiger partial charge in [0.05, 0.1) is 11.8 Å². The third kappa shape index (κ3) is 3.53. The van der Waals surface area contributed by atoms with E-state index in [-0.39, 0.29) is 34.7 Å². The zero-order valence-electron chi connectivity index (χ0n) is 18.7. The van der Waals surface area contributed by atoms with Gasteiger partial charge < -0.3 is 10.6 Å². The second kappa shape index (κ2) is 6.97. The third-order valence-corrected chi connectivity index (χ3v) is 6.04. The second-order valence-electron chi connectivity index (χ2n) is 10.7. The number of hydrogen-bond acceptors (Lipinski definition) is 2. The molecule has 0 heterocycles. The molecule has 2 N–H and O–H groups in total. The summed E-state index contributed by atoms with van der Waals surface area (Å²) in [4.78, 5) is 27.2. The highest BCUT2D eigenvalue weighted by atomic mass is 16.2. The minimum Gasteiger partial charge on any atom is -0.351 e. The molecule has 2 atom stereocenters.